The molecule has 17 heavy (non-hydrogen) atoms. The first-order valence-electron chi connectivity index (χ1n) is 5.25. The molecule has 3 nitrogen and oxygen atoms in total. The van der Waals surface area contributed by atoms with Gasteiger partial charge in [0.1, 0.15) is 17.4 Å². The van der Waals surface area contributed by atoms with Crippen molar-refractivity contribution in [3.8, 4) is 5.75 Å². The Kier molecular flexibility index (Phi) is 4.12. The summed E-state index contributed by atoms with van der Waals surface area (Å²) >= 11 is 5.03. The summed E-state index contributed by atoms with van der Waals surface area (Å²) in [7, 11) is 0. The fourth-order valence-electron chi connectivity index (χ4n) is 1.32. The summed E-state index contributed by atoms with van der Waals surface area (Å²) in [6.45, 7) is 4.60. The third kappa shape index (κ3) is 3.26. The first kappa shape index (κ1) is 12.5. The van der Waals surface area contributed by atoms with E-state index in [1.54, 1.807) is 17.5 Å². The molecular formula is C12H13BrN2OS. The monoisotopic (exact) mass is 312 g/mol. The Balaban J connectivity index is 1.97. The van der Waals surface area contributed by atoms with Gasteiger partial charge in [-0.05, 0) is 26.0 Å². The van der Waals surface area contributed by atoms with Crippen molar-refractivity contribution < 1.29 is 4.74 Å². The Labute approximate surface area is 113 Å². The molecule has 0 N–H and O–H groups in total. The standard InChI is InChI=1S/C12H13BrN2OS/c1-8-9(2)17-12(15-8)7-16-11-4-3-10(5-13)14-6-11/h3-4,6H,5,7H2,1-2H3. The number of hydrogen-bond donors (Lipinski definition) is 0. The minimum atomic E-state index is 0.509. The number of rotatable bonds is 4. The van der Waals surface area contributed by atoms with Crippen LogP contribution in [0.1, 0.15) is 21.3 Å². The number of alkyl halides is 1. The van der Waals surface area contributed by atoms with Crippen molar-refractivity contribution in [1.82, 2.24) is 9.97 Å². The van der Waals surface area contributed by atoms with Crippen LogP contribution in [-0.4, -0.2) is 9.97 Å². The number of hydrogen-bond acceptors (Lipinski definition) is 4. The number of pyridine rings is 1. The molecule has 0 fully saturated rings. The van der Waals surface area contributed by atoms with Gasteiger partial charge in [0.05, 0.1) is 17.6 Å². The van der Waals surface area contributed by atoms with Gasteiger partial charge in [-0.3, -0.25) is 4.98 Å². The molecule has 0 saturated carbocycles. The predicted molar refractivity (Wildman–Crippen MR) is 72.8 cm³/mol. The molecule has 0 saturated heterocycles. The van der Waals surface area contributed by atoms with Crippen LogP contribution in [0.25, 0.3) is 0 Å². The third-order valence-corrected chi connectivity index (χ3v) is 3.99. The minimum absolute atomic E-state index is 0.509. The number of halogens is 1. The lowest BCUT2D eigenvalue weighted by molar-refractivity contribution is 0.304. The highest BCUT2D eigenvalue weighted by Gasteiger charge is 2.04. The van der Waals surface area contributed by atoms with Crippen molar-refractivity contribution in [2.24, 2.45) is 0 Å². The van der Waals surface area contributed by atoms with Gasteiger partial charge in [0.15, 0.2) is 0 Å². The summed E-state index contributed by atoms with van der Waals surface area (Å²) in [6, 6.07) is 3.87. The van der Waals surface area contributed by atoms with E-state index in [9.17, 15) is 0 Å². The summed E-state index contributed by atoms with van der Waals surface area (Å²) in [5.74, 6) is 0.778. The largest absolute Gasteiger partial charge is 0.485 e. The van der Waals surface area contributed by atoms with Crippen LogP contribution < -0.4 is 4.74 Å². The van der Waals surface area contributed by atoms with Crippen LogP contribution in [0.15, 0.2) is 18.3 Å². The molecule has 0 spiro atoms. The van der Waals surface area contributed by atoms with Gasteiger partial charge in [-0.25, -0.2) is 4.98 Å². The summed E-state index contributed by atoms with van der Waals surface area (Å²) in [4.78, 5) is 9.91. The Morgan fingerprint density at radius 3 is 2.71 bits per heavy atom. The van der Waals surface area contributed by atoms with Gasteiger partial charge < -0.3 is 4.74 Å². The van der Waals surface area contributed by atoms with E-state index < -0.39 is 0 Å². The number of thiazole rings is 1. The normalized spacial score (nSPS) is 10.5. The lowest BCUT2D eigenvalue weighted by atomic mass is 10.4. The molecule has 2 rings (SSSR count). The molecule has 2 aromatic heterocycles. The van der Waals surface area contributed by atoms with Crippen molar-refractivity contribution in [3.63, 3.8) is 0 Å². The van der Waals surface area contributed by atoms with Crippen LogP contribution in [0.4, 0.5) is 0 Å². The van der Waals surface area contributed by atoms with Crippen molar-refractivity contribution in [1.29, 1.82) is 0 Å². The summed E-state index contributed by atoms with van der Waals surface area (Å²) < 4.78 is 5.63. The number of nitrogens with zero attached hydrogens (tertiary/aromatic N) is 2. The SMILES string of the molecule is Cc1nc(COc2ccc(CBr)nc2)sc1C. The molecule has 5 heteroatoms. The number of aromatic nitrogens is 2. The van der Waals surface area contributed by atoms with Gasteiger partial charge in [-0.1, -0.05) is 15.9 Å². The van der Waals surface area contributed by atoms with Crippen LogP contribution in [0, 0.1) is 13.8 Å². The van der Waals surface area contributed by atoms with E-state index in [2.05, 4.69) is 32.8 Å². The number of aryl methyl sites for hydroxylation is 2. The zero-order valence-electron chi connectivity index (χ0n) is 9.74. The molecule has 0 atom stereocenters. The van der Waals surface area contributed by atoms with E-state index in [4.69, 9.17) is 4.74 Å². The maximum absolute atomic E-state index is 5.63. The van der Waals surface area contributed by atoms with Crippen LogP contribution in [-0.2, 0) is 11.9 Å². The van der Waals surface area contributed by atoms with Gasteiger partial charge in [-0.15, -0.1) is 11.3 Å². The van der Waals surface area contributed by atoms with Gasteiger partial charge in [-0.2, -0.15) is 0 Å². The first-order valence-corrected chi connectivity index (χ1v) is 7.19. The van der Waals surface area contributed by atoms with E-state index in [0.29, 0.717) is 6.61 Å². The van der Waals surface area contributed by atoms with Crippen LogP contribution in [0.5, 0.6) is 5.75 Å². The molecule has 0 unspecified atom stereocenters. The first-order chi connectivity index (χ1) is 8.19. The molecule has 0 bridgehead atoms. The lowest BCUT2D eigenvalue weighted by Gasteiger charge is -2.03. The second-order valence-corrected chi connectivity index (χ2v) is 5.51. The highest BCUT2D eigenvalue weighted by molar-refractivity contribution is 9.08. The Hall–Kier alpha value is -0.940. The van der Waals surface area contributed by atoms with Gasteiger partial charge in [0.25, 0.3) is 0 Å². The highest BCUT2D eigenvalue weighted by atomic mass is 79.9. The van der Waals surface area contributed by atoms with E-state index in [1.165, 1.54) is 4.88 Å². The summed E-state index contributed by atoms with van der Waals surface area (Å²) in [6.07, 6.45) is 1.74. The molecule has 0 radical (unpaired) electrons. The molecule has 0 aromatic carbocycles. The smallest absolute Gasteiger partial charge is 0.140 e. The Bertz CT molecular complexity index is 476. The molecule has 2 heterocycles. The Morgan fingerprint density at radius 2 is 2.18 bits per heavy atom. The number of ether oxygens (including phenoxy) is 1. The van der Waals surface area contributed by atoms with E-state index in [0.717, 1.165) is 27.5 Å². The molecule has 90 valence electrons. The van der Waals surface area contributed by atoms with E-state index in [1.807, 2.05) is 19.1 Å². The second-order valence-electron chi connectivity index (χ2n) is 3.66. The van der Waals surface area contributed by atoms with Gasteiger partial charge in [0, 0.05) is 10.2 Å². The molecule has 0 aliphatic carbocycles. The van der Waals surface area contributed by atoms with Gasteiger partial charge in [0.2, 0.25) is 0 Å². The molecule has 0 aliphatic heterocycles. The van der Waals surface area contributed by atoms with Crippen molar-refractivity contribution in [3.05, 3.63) is 39.6 Å². The molecule has 0 amide bonds. The predicted octanol–water partition coefficient (Wildman–Crippen LogP) is 3.63. The second kappa shape index (κ2) is 5.60. The molecule has 2 aromatic rings. The van der Waals surface area contributed by atoms with Crippen LogP contribution >= 0.6 is 27.3 Å². The maximum Gasteiger partial charge on any atom is 0.140 e. The van der Waals surface area contributed by atoms with Crippen molar-refractivity contribution >= 4 is 27.3 Å². The fraction of sp³-hybridized carbons (Fsp3) is 0.333. The minimum Gasteiger partial charge on any atom is -0.485 e. The van der Waals surface area contributed by atoms with Crippen molar-refractivity contribution in [2.75, 3.05) is 0 Å². The molecular weight excluding hydrogens is 300 g/mol. The lowest BCUT2D eigenvalue weighted by Crippen LogP contribution is -1.96. The van der Waals surface area contributed by atoms with Crippen LogP contribution in [0.2, 0.25) is 0 Å². The topological polar surface area (TPSA) is 35.0 Å². The molecule has 0 aliphatic rings. The van der Waals surface area contributed by atoms with E-state index in [-0.39, 0.29) is 0 Å². The van der Waals surface area contributed by atoms with E-state index >= 15 is 0 Å². The average Bonchev–Trinajstić information content (AvgIpc) is 2.67. The zero-order chi connectivity index (χ0) is 12.3. The average molecular weight is 313 g/mol. The summed E-state index contributed by atoms with van der Waals surface area (Å²) in [5.41, 5.74) is 2.08. The quantitative estimate of drug-likeness (QED) is 0.809. The maximum atomic E-state index is 5.63. The van der Waals surface area contributed by atoms with Crippen molar-refractivity contribution in [2.45, 2.75) is 25.8 Å². The van der Waals surface area contributed by atoms with Crippen LogP contribution in [0.3, 0.4) is 0 Å². The third-order valence-electron chi connectivity index (χ3n) is 2.37. The summed E-state index contributed by atoms with van der Waals surface area (Å²) in [5, 5.41) is 1.77. The fourth-order valence-corrected chi connectivity index (χ4v) is 2.50. The highest BCUT2D eigenvalue weighted by Crippen LogP contribution is 2.19. The zero-order valence-corrected chi connectivity index (χ0v) is 12.1. The Morgan fingerprint density at radius 1 is 1.35 bits per heavy atom. The van der Waals surface area contributed by atoms with Gasteiger partial charge >= 0.3 is 0 Å².